The highest BCUT2D eigenvalue weighted by Gasteiger charge is 2.24. The molecule has 108 valence electrons. The zero-order chi connectivity index (χ0) is 14.8. The number of amides is 2. The minimum Gasteiger partial charge on any atom is -0.317 e. The first kappa shape index (κ1) is 13.3. The maximum Gasteiger partial charge on any atom is 0.295 e. The number of carbonyl (C=O) groups is 2. The first-order valence-corrected chi connectivity index (χ1v) is 6.75. The molecule has 1 saturated heterocycles. The Balaban J connectivity index is 1.85. The van der Waals surface area contributed by atoms with E-state index in [1.807, 2.05) is 18.2 Å². The Morgan fingerprint density at radius 1 is 1.38 bits per heavy atom. The van der Waals surface area contributed by atoms with Crippen molar-refractivity contribution in [2.45, 2.75) is 19.8 Å². The summed E-state index contributed by atoms with van der Waals surface area (Å²) in [6.07, 6.45) is 1.38. The van der Waals surface area contributed by atoms with E-state index in [0.29, 0.717) is 30.2 Å². The van der Waals surface area contributed by atoms with Gasteiger partial charge in [-0.25, -0.2) is 4.98 Å². The van der Waals surface area contributed by atoms with Crippen LogP contribution in [0.1, 0.15) is 29.3 Å². The van der Waals surface area contributed by atoms with Gasteiger partial charge in [0.15, 0.2) is 0 Å². The molecule has 1 aliphatic rings. The van der Waals surface area contributed by atoms with Gasteiger partial charge in [-0.15, -0.1) is 5.10 Å². The second kappa shape index (κ2) is 5.35. The molecule has 2 aromatic rings. The van der Waals surface area contributed by atoms with E-state index in [2.05, 4.69) is 20.5 Å². The zero-order valence-corrected chi connectivity index (χ0v) is 11.6. The van der Waals surface area contributed by atoms with E-state index < -0.39 is 5.91 Å². The molecule has 7 nitrogen and oxygen atoms in total. The molecule has 0 atom stereocenters. The highest BCUT2D eigenvalue weighted by molar-refractivity contribution is 6.06. The molecule has 0 saturated carbocycles. The summed E-state index contributed by atoms with van der Waals surface area (Å²) in [6.45, 7) is 2.39. The van der Waals surface area contributed by atoms with Gasteiger partial charge >= 0.3 is 0 Å². The van der Waals surface area contributed by atoms with E-state index in [1.54, 1.807) is 17.9 Å². The molecule has 1 fully saturated rings. The van der Waals surface area contributed by atoms with Crippen LogP contribution in [0.2, 0.25) is 0 Å². The summed E-state index contributed by atoms with van der Waals surface area (Å²) in [6, 6.07) is 7.23. The van der Waals surface area contributed by atoms with Crippen LogP contribution in [0.3, 0.4) is 0 Å². The summed E-state index contributed by atoms with van der Waals surface area (Å²) in [5.41, 5.74) is 1.29. The molecule has 7 heteroatoms. The predicted octanol–water partition coefficient (Wildman–Crippen LogP) is 1.49. The van der Waals surface area contributed by atoms with Gasteiger partial charge in [0.1, 0.15) is 5.82 Å². The van der Waals surface area contributed by atoms with Crippen LogP contribution in [-0.2, 0) is 4.79 Å². The normalized spacial score (nSPS) is 14.5. The predicted molar refractivity (Wildman–Crippen MR) is 77.1 cm³/mol. The molecule has 2 N–H and O–H groups in total. The van der Waals surface area contributed by atoms with Gasteiger partial charge in [-0.2, -0.15) is 0 Å². The monoisotopic (exact) mass is 285 g/mol. The number of hydrogen-bond donors (Lipinski definition) is 2. The Morgan fingerprint density at radius 3 is 2.86 bits per heavy atom. The molecule has 0 bridgehead atoms. The lowest BCUT2D eigenvalue weighted by atomic mass is 10.2. The summed E-state index contributed by atoms with van der Waals surface area (Å²) in [7, 11) is 0. The highest BCUT2D eigenvalue weighted by Crippen LogP contribution is 2.29. The zero-order valence-electron chi connectivity index (χ0n) is 11.6. The van der Waals surface area contributed by atoms with Gasteiger partial charge in [0.05, 0.1) is 11.4 Å². The first-order chi connectivity index (χ1) is 10.1. The highest BCUT2D eigenvalue weighted by atomic mass is 16.2. The molecular weight excluding hydrogens is 270 g/mol. The van der Waals surface area contributed by atoms with E-state index in [0.717, 1.165) is 6.42 Å². The fourth-order valence-electron chi connectivity index (χ4n) is 2.34. The number of aryl methyl sites for hydroxylation is 1. The summed E-state index contributed by atoms with van der Waals surface area (Å²) < 4.78 is 0. The summed E-state index contributed by atoms with van der Waals surface area (Å²) in [4.78, 5) is 29.7. The number of benzene rings is 1. The maximum absolute atomic E-state index is 12.1. The van der Waals surface area contributed by atoms with Gasteiger partial charge in [0.25, 0.3) is 5.91 Å². The minimum atomic E-state index is -0.404. The molecule has 2 amide bonds. The van der Waals surface area contributed by atoms with E-state index >= 15 is 0 Å². The summed E-state index contributed by atoms with van der Waals surface area (Å²) in [5.74, 6) is 0.321. The molecular formula is C14H15N5O2. The van der Waals surface area contributed by atoms with Crippen molar-refractivity contribution >= 4 is 23.2 Å². The number of nitrogens with one attached hydrogen (secondary N) is 2. The lowest BCUT2D eigenvalue weighted by molar-refractivity contribution is -0.117. The SMILES string of the molecule is Cc1nc(C(=O)Nc2ccccc2N2CCCC2=O)n[nH]1. The van der Waals surface area contributed by atoms with Crippen molar-refractivity contribution in [3.8, 4) is 0 Å². The lowest BCUT2D eigenvalue weighted by Gasteiger charge is -2.19. The van der Waals surface area contributed by atoms with Gasteiger partial charge in [-0.05, 0) is 25.5 Å². The molecule has 0 spiro atoms. The standard InChI is InChI=1S/C14H15N5O2/c1-9-15-13(18-17-9)14(21)16-10-5-2-3-6-11(10)19-8-4-7-12(19)20/h2-3,5-6H,4,7-8H2,1H3,(H,16,21)(H,15,17,18). The third kappa shape index (κ3) is 2.62. The number of nitrogens with zero attached hydrogens (tertiary/aromatic N) is 3. The molecule has 3 rings (SSSR count). The fraction of sp³-hybridized carbons (Fsp3) is 0.286. The molecule has 0 aliphatic carbocycles. The van der Waals surface area contributed by atoms with Crippen LogP contribution in [0, 0.1) is 6.92 Å². The van der Waals surface area contributed by atoms with Crippen molar-refractivity contribution in [2.75, 3.05) is 16.8 Å². The van der Waals surface area contributed by atoms with Crippen molar-refractivity contribution in [3.05, 3.63) is 35.9 Å². The number of carbonyl (C=O) groups excluding carboxylic acids is 2. The lowest BCUT2D eigenvalue weighted by Crippen LogP contribution is -2.25. The second-order valence-corrected chi connectivity index (χ2v) is 4.86. The quantitative estimate of drug-likeness (QED) is 0.894. The fourth-order valence-corrected chi connectivity index (χ4v) is 2.34. The Morgan fingerprint density at radius 2 is 2.19 bits per heavy atom. The number of rotatable bonds is 3. The van der Waals surface area contributed by atoms with Crippen LogP contribution in [-0.4, -0.2) is 33.5 Å². The smallest absolute Gasteiger partial charge is 0.295 e. The molecule has 1 aromatic heterocycles. The van der Waals surface area contributed by atoms with E-state index in [4.69, 9.17) is 0 Å². The Hall–Kier alpha value is -2.70. The summed E-state index contributed by atoms with van der Waals surface area (Å²) >= 11 is 0. The Kier molecular flexibility index (Phi) is 3.39. The maximum atomic E-state index is 12.1. The second-order valence-electron chi connectivity index (χ2n) is 4.86. The number of hydrogen-bond acceptors (Lipinski definition) is 4. The average molecular weight is 285 g/mol. The molecule has 2 heterocycles. The number of aromatic nitrogens is 3. The van der Waals surface area contributed by atoms with Crippen molar-refractivity contribution in [1.82, 2.24) is 15.2 Å². The van der Waals surface area contributed by atoms with Crippen LogP contribution in [0.15, 0.2) is 24.3 Å². The molecule has 0 unspecified atom stereocenters. The third-order valence-corrected chi connectivity index (χ3v) is 3.32. The third-order valence-electron chi connectivity index (χ3n) is 3.32. The molecule has 0 radical (unpaired) electrons. The van der Waals surface area contributed by atoms with E-state index in [-0.39, 0.29) is 11.7 Å². The van der Waals surface area contributed by atoms with Crippen molar-refractivity contribution in [3.63, 3.8) is 0 Å². The molecule has 21 heavy (non-hydrogen) atoms. The van der Waals surface area contributed by atoms with Crippen molar-refractivity contribution in [1.29, 1.82) is 0 Å². The molecule has 1 aliphatic heterocycles. The van der Waals surface area contributed by atoms with Gasteiger partial charge in [-0.3, -0.25) is 14.7 Å². The van der Waals surface area contributed by atoms with Crippen molar-refractivity contribution in [2.24, 2.45) is 0 Å². The average Bonchev–Trinajstić information content (AvgIpc) is 3.08. The topological polar surface area (TPSA) is 91.0 Å². The van der Waals surface area contributed by atoms with Crippen LogP contribution in [0.25, 0.3) is 0 Å². The van der Waals surface area contributed by atoms with Crippen LogP contribution in [0.5, 0.6) is 0 Å². The van der Waals surface area contributed by atoms with Gasteiger partial charge in [-0.1, -0.05) is 12.1 Å². The van der Waals surface area contributed by atoms with Crippen molar-refractivity contribution < 1.29 is 9.59 Å². The van der Waals surface area contributed by atoms with E-state index in [1.165, 1.54) is 0 Å². The number of H-pyrrole nitrogens is 1. The van der Waals surface area contributed by atoms with Crippen LogP contribution in [0.4, 0.5) is 11.4 Å². The Labute approximate surface area is 121 Å². The number of aromatic amines is 1. The van der Waals surface area contributed by atoms with Gasteiger partial charge in [0.2, 0.25) is 11.7 Å². The minimum absolute atomic E-state index is 0.0745. The van der Waals surface area contributed by atoms with Crippen LogP contribution < -0.4 is 10.2 Å². The largest absolute Gasteiger partial charge is 0.317 e. The number of para-hydroxylation sites is 2. The summed E-state index contributed by atoms with van der Waals surface area (Å²) in [5, 5.41) is 9.21. The van der Waals surface area contributed by atoms with Crippen LogP contribution >= 0.6 is 0 Å². The van der Waals surface area contributed by atoms with Gasteiger partial charge in [0, 0.05) is 13.0 Å². The number of anilines is 2. The molecule has 1 aromatic carbocycles. The Bertz CT molecular complexity index is 694. The first-order valence-electron chi connectivity index (χ1n) is 6.75. The van der Waals surface area contributed by atoms with E-state index in [9.17, 15) is 9.59 Å². The van der Waals surface area contributed by atoms with Gasteiger partial charge < -0.3 is 10.2 Å².